The van der Waals surface area contributed by atoms with Gasteiger partial charge in [0.15, 0.2) is 11.6 Å². The molecule has 2 aromatic heterocycles. The topological polar surface area (TPSA) is 103 Å². The Labute approximate surface area is 168 Å². The van der Waals surface area contributed by atoms with E-state index in [-0.39, 0.29) is 17.6 Å². The molecule has 0 saturated carbocycles. The van der Waals surface area contributed by atoms with Gasteiger partial charge in [-0.25, -0.2) is 9.78 Å². The number of aromatic nitrogens is 4. The predicted octanol–water partition coefficient (Wildman–Crippen LogP) is 2.44. The van der Waals surface area contributed by atoms with Gasteiger partial charge >= 0.3 is 5.97 Å². The van der Waals surface area contributed by atoms with Crippen LogP contribution in [0, 0.1) is 6.92 Å². The van der Waals surface area contributed by atoms with E-state index in [4.69, 9.17) is 9.15 Å². The van der Waals surface area contributed by atoms with Crippen LogP contribution in [0.15, 0.2) is 41.1 Å². The summed E-state index contributed by atoms with van der Waals surface area (Å²) in [5.74, 6) is 0.0760. The largest absolute Gasteiger partial charge is 0.464 e. The second-order valence-corrected chi connectivity index (χ2v) is 6.68. The van der Waals surface area contributed by atoms with Crippen molar-refractivity contribution in [3.05, 3.63) is 59.6 Å². The van der Waals surface area contributed by atoms with Gasteiger partial charge in [-0.1, -0.05) is 12.1 Å². The van der Waals surface area contributed by atoms with Crippen LogP contribution >= 0.6 is 0 Å². The first-order valence-electron chi connectivity index (χ1n) is 9.23. The van der Waals surface area contributed by atoms with Crippen LogP contribution < -0.4 is 0 Å². The van der Waals surface area contributed by atoms with Crippen molar-refractivity contribution >= 4 is 11.9 Å². The monoisotopic (exact) mass is 397 g/mol. The molecule has 0 aliphatic heterocycles. The highest BCUT2D eigenvalue weighted by Crippen LogP contribution is 2.18. The fourth-order valence-corrected chi connectivity index (χ4v) is 2.98. The van der Waals surface area contributed by atoms with Crippen molar-refractivity contribution in [2.24, 2.45) is 0 Å². The molecule has 0 fully saturated rings. The number of amides is 1. The Kier molecular flexibility index (Phi) is 6.06. The molecular weight excluding hydrogens is 374 g/mol. The summed E-state index contributed by atoms with van der Waals surface area (Å²) in [6.45, 7) is 5.90. The standard InChI is InChI=1S/C20H23N5O4/c1-13(2)24(12-9-17-23-18(14(3)29-17)20(27)28-4)19(26)15-7-5-6-8-16(15)25-21-10-11-22-25/h5-8,10-11,13H,9,12H2,1-4H3. The number of benzene rings is 1. The number of carbonyl (C=O) groups is 2. The lowest BCUT2D eigenvalue weighted by Crippen LogP contribution is -2.39. The second kappa shape index (κ2) is 8.68. The summed E-state index contributed by atoms with van der Waals surface area (Å²) in [4.78, 5) is 32.3. The lowest BCUT2D eigenvalue weighted by molar-refractivity contribution is 0.0592. The van der Waals surface area contributed by atoms with Crippen LogP contribution in [0.2, 0.25) is 0 Å². The van der Waals surface area contributed by atoms with E-state index in [0.717, 1.165) is 0 Å². The Morgan fingerprint density at radius 3 is 2.55 bits per heavy atom. The first-order valence-corrected chi connectivity index (χ1v) is 9.23. The third-order valence-corrected chi connectivity index (χ3v) is 4.44. The van der Waals surface area contributed by atoms with Crippen LogP contribution in [-0.2, 0) is 11.2 Å². The van der Waals surface area contributed by atoms with Gasteiger partial charge in [-0.05, 0) is 32.9 Å². The van der Waals surface area contributed by atoms with Crippen LogP contribution in [0.3, 0.4) is 0 Å². The molecule has 0 spiro atoms. The highest BCUT2D eigenvalue weighted by Gasteiger charge is 2.24. The van der Waals surface area contributed by atoms with E-state index >= 15 is 0 Å². The molecule has 29 heavy (non-hydrogen) atoms. The summed E-state index contributed by atoms with van der Waals surface area (Å²) < 4.78 is 10.3. The number of rotatable bonds is 7. The Morgan fingerprint density at radius 2 is 1.90 bits per heavy atom. The van der Waals surface area contributed by atoms with Crippen LogP contribution in [-0.4, -0.2) is 56.5 Å². The molecule has 0 atom stereocenters. The Hall–Kier alpha value is -3.49. The molecule has 9 nitrogen and oxygen atoms in total. The van der Waals surface area contributed by atoms with Crippen molar-refractivity contribution in [2.45, 2.75) is 33.2 Å². The summed E-state index contributed by atoms with van der Waals surface area (Å²) in [7, 11) is 1.29. The number of nitrogens with zero attached hydrogens (tertiary/aromatic N) is 5. The number of para-hydroxylation sites is 1. The molecule has 0 N–H and O–H groups in total. The molecule has 1 amide bonds. The van der Waals surface area contributed by atoms with Gasteiger partial charge in [0.05, 0.1) is 30.8 Å². The predicted molar refractivity (Wildman–Crippen MR) is 104 cm³/mol. The minimum Gasteiger partial charge on any atom is -0.464 e. The Bertz CT molecular complexity index is 994. The zero-order valence-corrected chi connectivity index (χ0v) is 16.8. The number of methoxy groups -OCH3 is 1. The van der Waals surface area contributed by atoms with Crippen LogP contribution in [0.5, 0.6) is 0 Å². The fraction of sp³-hybridized carbons (Fsp3) is 0.350. The number of ether oxygens (including phenoxy) is 1. The molecule has 1 aromatic carbocycles. The van der Waals surface area contributed by atoms with Crippen LogP contribution in [0.25, 0.3) is 5.69 Å². The summed E-state index contributed by atoms with van der Waals surface area (Å²) in [6, 6.07) is 7.13. The van der Waals surface area contributed by atoms with Gasteiger partial charge in [0.25, 0.3) is 5.91 Å². The minimum atomic E-state index is -0.546. The number of aryl methyl sites for hydroxylation is 1. The van der Waals surface area contributed by atoms with Crippen molar-refractivity contribution in [3.63, 3.8) is 0 Å². The van der Waals surface area contributed by atoms with Gasteiger partial charge in [-0.15, -0.1) is 0 Å². The first-order chi connectivity index (χ1) is 13.9. The van der Waals surface area contributed by atoms with Crippen molar-refractivity contribution in [2.75, 3.05) is 13.7 Å². The van der Waals surface area contributed by atoms with E-state index in [2.05, 4.69) is 15.2 Å². The maximum Gasteiger partial charge on any atom is 0.360 e. The average Bonchev–Trinajstić information content (AvgIpc) is 3.37. The van der Waals surface area contributed by atoms with E-state index in [1.165, 1.54) is 11.9 Å². The average molecular weight is 397 g/mol. The molecule has 0 radical (unpaired) electrons. The van der Waals surface area contributed by atoms with Crippen LogP contribution in [0.4, 0.5) is 0 Å². The zero-order chi connectivity index (χ0) is 21.0. The molecule has 3 aromatic rings. The van der Waals surface area contributed by atoms with Gasteiger partial charge in [0.1, 0.15) is 5.76 Å². The van der Waals surface area contributed by atoms with Crippen molar-refractivity contribution in [3.8, 4) is 5.69 Å². The summed E-state index contributed by atoms with van der Waals surface area (Å²) in [5.41, 5.74) is 1.25. The molecule has 0 unspecified atom stereocenters. The molecule has 0 saturated heterocycles. The van der Waals surface area contributed by atoms with Gasteiger partial charge in [0.2, 0.25) is 0 Å². The number of hydrogen-bond donors (Lipinski definition) is 0. The molecule has 9 heteroatoms. The lowest BCUT2D eigenvalue weighted by Gasteiger charge is -2.27. The maximum absolute atomic E-state index is 13.3. The smallest absolute Gasteiger partial charge is 0.360 e. The SMILES string of the molecule is COC(=O)c1nc(CCN(C(=O)c2ccccc2-n2nccn2)C(C)C)oc1C. The highest BCUT2D eigenvalue weighted by atomic mass is 16.5. The van der Waals surface area contributed by atoms with Crippen molar-refractivity contribution < 1.29 is 18.7 Å². The third kappa shape index (κ3) is 4.34. The lowest BCUT2D eigenvalue weighted by atomic mass is 10.1. The van der Waals surface area contributed by atoms with E-state index in [1.54, 1.807) is 42.4 Å². The summed E-state index contributed by atoms with van der Waals surface area (Å²) in [6.07, 6.45) is 3.49. The van der Waals surface area contributed by atoms with Crippen molar-refractivity contribution in [1.29, 1.82) is 0 Å². The molecule has 0 bridgehead atoms. The Balaban J connectivity index is 1.81. The number of oxazole rings is 1. The van der Waals surface area contributed by atoms with E-state index in [9.17, 15) is 9.59 Å². The normalized spacial score (nSPS) is 10.9. The van der Waals surface area contributed by atoms with Gasteiger partial charge in [-0.2, -0.15) is 15.0 Å². The minimum absolute atomic E-state index is 0.0581. The summed E-state index contributed by atoms with van der Waals surface area (Å²) >= 11 is 0. The maximum atomic E-state index is 13.3. The van der Waals surface area contributed by atoms with E-state index in [0.29, 0.717) is 35.9 Å². The third-order valence-electron chi connectivity index (χ3n) is 4.44. The van der Waals surface area contributed by atoms with Gasteiger partial charge in [-0.3, -0.25) is 4.79 Å². The zero-order valence-electron chi connectivity index (χ0n) is 16.8. The molecular formula is C20H23N5O4. The van der Waals surface area contributed by atoms with Crippen LogP contribution in [0.1, 0.15) is 46.3 Å². The van der Waals surface area contributed by atoms with E-state index in [1.807, 2.05) is 19.9 Å². The van der Waals surface area contributed by atoms with Gasteiger partial charge in [0, 0.05) is 19.0 Å². The van der Waals surface area contributed by atoms with Gasteiger partial charge < -0.3 is 14.1 Å². The van der Waals surface area contributed by atoms with Crippen molar-refractivity contribution in [1.82, 2.24) is 24.9 Å². The quantitative estimate of drug-likeness (QED) is 0.564. The number of esters is 1. The number of hydrogen-bond acceptors (Lipinski definition) is 7. The highest BCUT2D eigenvalue weighted by molar-refractivity contribution is 5.97. The molecule has 0 aliphatic carbocycles. The van der Waals surface area contributed by atoms with E-state index < -0.39 is 5.97 Å². The molecule has 0 aliphatic rings. The Morgan fingerprint density at radius 1 is 1.21 bits per heavy atom. The first kappa shape index (κ1) is 20.2. The molecule has 152 valence electrons. The number of carbonyl (C=O) groups excluding carboxylic acids is 2. The fourth-order valence-electron chi connectivity index (χ4n) is 2.98. The molecule has 3 rings (SSSR count). The summed E-state index contributed by atoms with van der Waals surface area (Å²) in [5, 5.41) is 8.26. The molecule has 2 heterocycles. The second-order valence-electron chi connectivity index (χ2n) is 6.68.